The number of aryl methyl sites for hydroxylation is 1. The van der Waals surface area contributed by atoms with E-state index in [0.717, 1.165) is 0 Å². The molecule has 1 aliphatic carbocycles. The minimum atomic E-state index is 1.26. The van der Waals surface area contributed by atoms with Crippen LogP contribution in [0, 0.1) is 0 Å². The van der Waals surface area contributed by atoms with Gasteiger partial charge in [0.25, 0.3) is 0 Å². The van der Waals surface area contributed by atoms with Crippen molar-refractivity contribution in [2.45, 2.75) is 32.1 Å². The number of hydrogen-bond donors (Lipinski definition) is 1. The van der Waals surface area contributed by atoms with Gasteiger partial charge in [0.15, 0.2) is 0 Å². The number of anilines is 1. The Morgan fingerprint density at radius 3 is 2.77 bits per heavy atom. The maximum absolute atomic E-state index is 3.28. The molecule has 1 heteroatoms. The van der Waals surface area contributed by atoms with E-state index >= 15 is 0 Å². The van der Waals surface area contributed by atoms with E-state index in [0.29, 0.717) is 0 Å². The fourth-order valence-corrected chi connectivity index (χ4v) is 2.19. The Kier molecular flexibility index (Phi) is 2.53. The zero-order valence-corrected chi connectivity index (χ0v) is 8.27. The van der Waals surface area contributed by atoms with Gasteiger partial charge in [0.05, 0.1) is 0 Å². The van der Waals surface area contributed by atoms with Gasteiger partial charge in [0, 0.05) is 12.7 Å². The molecule has 0 saturated heterocycles. The molecular formula is C12H17N. The highest BCUT2D eigenvalue weighted by atomic mass is 14.8. The minimum absolute atomic E-state index is 1.26. The van der Waals surface area contributed by atoms with Crippen molar-refractivity contribution < 1.29 is 0 Å². The van der Waals surface area contributed by atoms with Crippen LogP contribution in [0.4, 0.5) is 5.69 Å². The Balaban J connectivity index is 2.40. The molecule has 0 aliphatic heterocycles. The second-order valence-electron chi connectivity index (χ2n) is 3.75. The van der Waals surface area contributed by atoms with Crippen molar-refractivity contribution in [2.24, 2.45) is 0 Å². The van der Waals surface area contributed by atoms with Crippen LogP contribution in [0.2, 0.25) is 0 Å². The number of hydrogen-bond acceptors (Lipinski definition) is 1. The van der Waals surface area contributed by atoms with Gasteiger partial charge in [0.1, 0.15) is 0 Å². The third kappa shape index (κ3) is 1.69. The highest BCUT2D eigenvalue weighted by Crippen LogP contribution is 2.26. The van der Waals surface area contributed by atoms with Gasteiger partial charge >= 0.3 is 0 Å². The van der Waals surface area contributed by atoms with E-state index in [9.17, 15) is 0 Å². The van der Waals surface area contributed by atoms with Crippen LogP contribution in [-0.4, -0.2) is 7.05 Å². The van der Waals surface area contributed by atoms with E-state index in [1.165, 1.54) is 37.8 Å². The van der Waals surface area contributed by atoms with Crippen LogP contribution in [0.5, 0.6) is 0 Å². The van der Waals surface area contributed by atoms with Crippen LogP contribution in [-0.2, 0) is 12.8 Å². The van der Waals surface area contributed by atoms with Crippen molar-refractivity contribution in [3.63, 3.8) is 0 Å². The molecule has 70 valence electrons. The van der Waals surface area contributed by atoms with Crippen molar-refractivity contribution >= 4 is 5.69 Å². The lowest BCUT2D eigenvalue weighted by Gasteiger charge is -2.11. The van der Waals surface area contributed by atoms with Crippen LogP contribution in [0.3, 0.4) is 0 Å². The molecule has 1 N–H and O–H groups in total. The molecule has 0 radical (unpaired) electrons. The van der Waals surface area contributed by atoms with Gasteiger partial charge in [-0.1, -0.05) is 18.6 Å². The van der Waals surface area contributed by atoms with Crippen LogP contribution in [0.25, 0.3) is 0 Å². The van der Waals surface area contributed by atoms with Crippen molar-refractivity contribution in [1.29, 1.82) is 0 Å². The normalized spacial score (nSPS) is 16.1. The summed E-state index contributed by atoms with van der Waals surface area (Å²) < 4.78 is 0. The van der Waals surface area contributed by atoms with Gasteiger partial charge in [-0.05, 0) is 42.9 Å². The highest BCUT2D eigenvalue weighted by molar-refractivity contribution is 5.54. The summed E-state index contributed by atoms with van der Waals surface area (Å²) in [7, 11) is 2.01. The molecule has 1 aliphatic rings. The van der Waals surface area contributed by atoms with Crippen LogP contribution in [0.1, 0.15) is 30.4 Å². The fourth-order valence-electron chi connectivity index (χ4n) is 2.19. The molecule has 0 amide bonds. The Hall–Kier alpha value is -0.980. The van der Waals surface area contributed by atoms with Gasteiger partial charge in [-0.15, -0.1) is 0 Å². The molecule has 0 heterocycles. The first-order valence-electron chi connectivity index (χ1n) is 5.20. The molecule has 1 nitrogen and oxygen atoms in total. The molecule has 0 fully saturated rings. The summed E-state index contributed by atoms with van der Waals surface area (Å²) >= 11 is 0. The third-order valence-electron chi connectivity index (χ3n) is 2.92. The summed E-state index contributed by atoms with van der Waals surface area (Å²) in [6, 6.07) is 6.63. The minimum Gasteiger partial charge on any atom is -0.388 e. The topological polar surface area (TPSA) is 12.0 Å². The summed E-state index contributed by atoms with van der Waals surface area (Å²) in [5.74, 6) is 0. The van der Waals surface area contributed by atoms with E-state index in [1.807, 2.05) is 7.05 Å². The van der Waals surface area contributed by atoms with E-state index in [4.69, 9.17) is 0 Å². The Morgan fingerprint density at radius 2 is 1.92 bits per heavy atom. The zero-order chi connectivity index (χ0) is 9.10. The molecule has 1 aromatic carbocycles. The van der Waals surface area contributed by atoms with Crippen molar-refractivity contribution in [2.75, 3.05) is 12.4 Å². The quantitative estimate of drug-likeness (QED) is 0.647. The van der Waals surface area contributed by atoms with E-state index in [1.54, 1.807) is 11.1 Å². The average molecular weight is 175 g/mol. The molecule has 0 unspecified atom stereocenters. The van der Waals surface area contributed by atoms with Crippen molar-refractivity contribution in [3.05, 3.63) is 29.3 Å². The van der Waals surface area contributed by atoms with Gasteiger partial charge in [-0.3, -0.25) is 0 Å². The predicted octanol–water partition coefficient (Wildman–Crippen LogP) is 3.00. The van der Waals surface area contributed by atoms with E-state index in [2.05, 4.69) is 23.5 Å². The summed E-state index contributed by atoms with van der Waals surface area (Å²) in [5, 5.41) is 3.28. The second kappa shape index (κ2) is 3.82. The van der Waals surface area contributed by atoms with Gasteiger partial charge in [-0.25, -0.2) is 0 Å². The molecule has 13 heavy (non-hydrogen) atoms. The SMILES string of the molecule is CNc1cccc2c1CCCCC2. The van der Waals surface area contributed by atoms with Crippen LogP contribution < -0.4 is 5.32 Å². The lowest BCUT2D eigenvalue weighted by atomic mass is 10.0. The van der Waals surface area contributed by atoms with Crippen LogP contribution in [0.15, 0.2) is 18.2 Å². The zero-order valence-electron chi connectivity index (χ0n) is 8.27. The standard InChI is InChI=1S/C12H17N/c1-13-12-9-5-7-10-6-3-2-4-8-11(10)12/h5,7,9,13H,2-4,6,8H2,1H3. The summed E-state index contributed by atoms with van der Waals surface area (Å²) in [5.41, 5.74) is 4.45. The third-order valence-corrected chi connectivity index (χ3v) is 2.92. The first-order valence-corrected chi connectivity index (χ1v) is 5.20. The van der Waals surface area contributed by atoms with Crippen LogP contribution >= 0.6 is 0 Å². The number of nitrogens with one attached hydrogen (secondary N) is 1. The first kappa shape index (κ1) is 8.61. The Bertz CT molecular complexity index is 291. The Morgan fingerprint density at radius 1 is 1.08 bits per heavy atom. The molecule has 2 rings (SSSR count). The van der Waals surface area contributed by atoms with Crippen molar-refractivity contribution in [3.8, 4) is 0 Å². The molecule has 0 bridgehead atoms. The molecule has 0 aromatic heterocycles. The molecule has 0 spiro atoms. The monoisotopic (exact) mass is 175 g/mol. The van der Waals surface area contributed by atoms with E-state index in [-0.39, 0.29) is 0 Å². The fraction of sp³-hybridized carbons (Fsp3) is 0.500. The number of rotatable bonds is 1. The summed E-state index contributed by atoms with van der Waals surface area (Å²) in [6.45, 7) is 0. The second-order valence-corrected chi connectivity index (χ2v) is 3.75. The predicted molar refractivity (Wildman–Crippen MR) is 57.2 cm³/mol. The number of benzene rings is 1. The lowest BCUT2D eigenvalue weighted by molar-refractivity contribution is 0.712. The van der Waals surface area contributed by atoms with Gasteiger partial charge in [-0.2, -0.15) is 0 Å². The first-order chi connectivity index (χ1) is 6.42. The van der Waals surface area contributed by atoms with Crippen molar-refractivity contribution in [1.82, 2.24) is 0 Å². The molecular weight excluding hydrogens is 158 g/mol. The highest BCUT2D eigenvalue weighted by Gasteiger charge is 2.10. The molecule has 0 atom stereocenters. The summed E-state index contributed by atoms with van der Waals surface area (Å²) in [4.78, 5) is 0. The van der Waals surface area contributed by atoms with E-state index < -0.39 is 0 Å². The smallest absolute Gasteiger partial charge is 0.0372 e. The average Bonchev–Trinajstić information content (AvgIpc) is 2.41. The lowest BCUT2D eigenvalue weighted by Crippen LogP contribution is -1.98. The largest absolute Gasteiger partial charge is 0.388 e. The number of fused-ring (bicyclic) bond motifs is 1. The Labute approximate surface area is 80.2 Å². The maximum Gasteiger partial charge on any atom is 0.0372 e. The van der Waals surface area contributed by atoms with Gasteiger partial charge in [0.2, 0.25) is 0 Å². The maximum atomic E-state index is 3.28. The molecule has 1 aromatic rings. The van der Waals surface area contributed by atoms with Gasteiger partial charge < -0.3 is 5.32 Å². The summed E-state index contributed by atoms with van der Waals surface area (Å²) in [6.07, 6.45) is 6.63. The molecule has 0 saturated carbocycles.